The Balaban J connectivity index is 1.51. The van der Waals surface area contributed by atoms with E-state index in [0.29, 0.717) is 54.9 Å². The maximum absolute atomic E-state index is 13.9. The number of ether oxygens (including phenoxy) is 3. The number of nitro benzene ring substituents is 1. The Labute approximate surface area is 261 Å². The van der Waals surface area contributed by atoms with Crippen LogP contribution in [0.3, 0.4) is 0 Å². The number of fused-ring (bicyclic) bond motifs is 1. The van der Waals surface area contributed by atoms with Gasteiger partial charge in [0.25, 0.3) is 11.2 Å². The summed E-state index contributed by atoms with van der Waals surface area (Å²) in [4.78, 5) is 42.5. The third-order valence-corrected chi connectivity index (χ3v) is 8.04. The molecular weight excluding hydrogens is 606 g/mol. The maximum Gasteiger partial charge on any atom is 0.338 e. The van der Waals surface area contributed by atoms with Gasteiger partial charge in [-0.15, -0.1) is 0 Å². The van der Waals surface area contributed by atoms with Gasteiger partial charge in [0, 0.05) is 17.2 Å². The summed E-state index contributed by atoms with van der Waals surface area (Å²) >= 11 is 7.35. The average molecular weight is 634 g/mol. The van der Waals surface area contributed by atoms with Gasteiger partial charge in [-0.25, -0.2) is 9.79 Å². The number of hydrogen-bond acceptors (Lipinski definition) is 9. The summed E-state index contributed by atoms with van der Waals surface area (Å²) in [5.74, 6) is 0.435. The summed E-state index contributed by atoms with van der Waals surface area (Å²) in [5, 5.41) is 11.5. The summed E-state index contributed by atoms with van der Waals surface area (Å²) in [6.07, 6.45) is 1.74. The van der Waals surface area contributed by atoms with Gasteiger partial charge in [-0.1, -0.05) is 41.1 Å². The molecular formula is C32H28ClN3O7S. The van der Waals surface area contributed by atoms with Crippen molar-refractivity contribution in [2.75, 3.05) is 13.2 Å². The number of carbonyl (C=O) groups excluding carboxylic acids is 1. The Hall–Kier alpha value is -4.74. The number of aromatic nitrogens is 1. The number of carbonyl (C=O) groups is 1. The standard InChI is InChI=1S/C32H28ClN3O7S/c1-4-41-26-16-21(8-15-25(26)43-18-20-6-13-24(14-7-20)36(39)40)17-27-30(37)35-29(22-9-11-23(33)12-10-22)28(31(38)42-5-2)19(3)34-32(35)44-27/h6-17,29H,4-5,18H2,1-3H3/b27-17-/t29-/m1/s1. The predicted molar refractivity (Wildman–Crippen MR) is 167 cm³/mol. The maximum atomic E-state index is 13.9. The molecule has 5 rings (SSSR count). The van der Waals surface area contributed by atoms with Crippen molar-refractivity contribution in [3.63, 3.8) is 0 Å². The SMILES string of the molecule is CCOC(=O)C1=C(C)N=c2s/c(=C\c3ccc(OCc4ccc([N+](=O)[O-])cc4)c(OCC)c3)c(=O)n2[C@@H]1c1ccc(Cl)cc1. The molecule has 226 valence electrons. The molecule has 12 heteroatoms. The van der Waals surface area contributed by atoms with Gasteiger partial charge >= 0.3 is 5.97 Å². The second kappa shape index (κ2) is 13.3. The average Bonchev–Trinajstić information content (AvgIpc) is 3.30. The predicted octanol–water partition coefficient (Wildman–Crippen LogP) is 5.34. The summed E-state index contributed by atoms with van der Waals surface area (Å²) in [7, 11) is 0. The number of allylic oxidation sites excluding steroid dienone is 1. The Kier molecular flexibility index (Phi) is 9.26. The van der Waals surface area contributed by atoms with Crippen molar-refractivity contribution < 1.29 is 23.9 Å². The van der Waals surface area contributed by atoms with Gasteiger partial charge in [-0.3, -0.25) is 19.5 Å². The van der Waals surface area contributed by atoms with Crippen LogP contribution in [0.2, 0.25) is 5.02 Å². The summed E-state index contributed by atoms with van der Waals surface area (Å²) in [6.45, 7) is 6.06. The first kappa shape index (κ1) is 30.7. The van der Waals surface area contributed by atoms with E-state index in [1.54, 1.807) is 74.5 Å². The number of benzene rings is 3. The first-order chi connectivity index (χ1) is 21.2. The van der Waals surface area contributed by atoms with Gasteiger partial charge in [0.1, 0.15) is 6.61 Å². The fourth-order valence-corrected chi connectivity index (χ4v) is 5.95. The lowest BCUT2D eigenvalue weighted by molar-refractivity contribution is -0.384. The molecule has 1 aromatic heterocycles. The van der Waals surface area contributed by atoms with Gasteiger partial charge in [0.05, 0.1) is 40.0 Å². The van der Waals surface area contributed by atoms with E-state index in [2.05, 4.69) is 4.99 Å². The van der Waals surface area contributed by atoms with E-state index in [1.807, 2.05) is 6.92 Å². The van der Waals surface area contributed by atoms with Crippen LogP contribution in [0.5, 0.6) is 11.5 Å². The van der Waals surface area contributed by atoms with Crippen molar-refractivity contribution in [1.82, 2.24) is 4.57 Å². The molecule has 0 N–H and O–H groups in total. The van der Waals surface area contributed by atoms with Gasteiger partial charge in [0.15, 0.2) is 16.3 Å². The summed E-state index contributed by atoms with van der Waals surface area (Å²) < 4.78 is 19.1. The van der Waals surface area contributed by atoms with Crippen LogP contribution < -0.4 is 24.4 Å². The van der Waals surface area contributed by atoms with Gasteiger partial charge < -0.3 is 14.2 Å². The second-order valence-corrected chi connectivity index (χ2v) is 11.2. The van der Waals surface area contributed by atoms with Crippen molar-refractivity contribution >= 4 is 40.7 Å². The molecule has 0 spiro atoms. The van der Waals surface area contributed by atoms with Crippen molar-refractivity contribution in [2.45, 2.75) is 33.4 Å². The third-order valence-electron chi connectivity index (χ3n) is 6.81. The quantitative estimate of drug-likeness (QED) is 0.131. The lowest BCUT2D eigenvalue weighted by Gasteiger charge is -2.24. The van der Waals surface area contributed by atoms with Crippen molar-refractivity contribution in [1.29, 1.82) is 0 Å². The number of non-ortho nitro benzene ring substituents is 1. The molecule has 0 amide bonds. The first-order valence-electron chi connectivity index (χ1n) is 13.8. The molecule has 44 heavy (non-hydrogen) atoms. The molecule has 0 aliphatic carbocycles. The zero-order valence-electron chi connectivity index (χ0n) is 24.1. The highest BCUT2D eigenvalue weighted by molar-refractivity contribution is 7.07. The molecule has 0 fully saturated rings. The monoisotopic (exact) mass is 633 g/mol. The third kappa shape index (κ3) is 6.43. The van der Waals surface area contributed by atoms with Crippen LogP contribution in [0.4, 0.5) is 5.69 Å². The highest BCUT2D eigenvalue weighted by Gasteiger charge is 2.33. The number of rotatable bonds is 10. The van der Waals surface area contributed by atoms with Crippen molar-refractivity contribution in [3.8, 4) is 11.5 Å². The number of nitrogens with zero attached hydrogens (tertiary/aromatic N) is 3. The molecule has 1 aliphatic rings. The fraction of sp³-hybridized carbons (Fsp3) is 0.219. The van der Waals surface area contributed by atoms with Crippen LogP contribution in [-0.2, 0) is 16.1 Å². The molecule has 0 unspecified atom stereocenters. The number of hydrogen-bond donors (Lipinski definition) is 0. The molecule has 3 aromatic carbocycles. The zero-order valence-corrected chi connectivity index (χ0v) is 25.7. The first-order valence-corrected chi connectivity index (χ1v) is 15.0. The molecule has 10 nitrogen and oxygen atoms in total. The van der Waals surface area contributed by atoms with E-state index in [-0.39, 0.29) is 24.5 Å². The van der Waals surface area contributed by atoms with Gasteiger partial charge in [0.2, 0.25) is 0 Å². The van der Waals surface area contributed by atoms with Gasteiger partial charge in [-0.05, 0) is 79.9 Å². The minimum atomic E-state index is -0.737. The summed E-state index contributed by atoms with van der Waals surface area (Å²) in [5.41, 5.74) is 2.63. The summed E-state index contributed by atoms with van der Waals surface area (Å²) in [6, 6.07) is 17.7. The second-order valence-electron chi connectivity index (χ2n) is 9.71. The van der Waals surface area contributed by atoms with E-state index in [4.69, 9.17) is 25.8 Å². The van der Waals surface area contributed by atoms with E-state index in [0.717, 1.165) is 5.56 Å². The molecule has 0 saturated carbocycles. The molecule has 0 radical (unpaired) electrons. The largest absolute Gasteiger partial charge is 0.490 e. The molecule has 1 aliphatic heterocycles. The Morgan fingerprint density at radius 3 is 2.43 bits per heavy atom. The Morgan fingerprint density at radius 1 is 1.05 bits per heavy atom. The van der Waals surface area contributed by atoms with Crippen LogP contribution in [0.25, 0.3) is 6.08 Å². The number of thiazole rings is 1. The topological polar surface area (TPSA) is 122 Å². The van der Waals surface area contributed by atoms with Crippen LogP contribution >= 0.6 is 22.9 Å². The molecule has 1 atom stereocenters. The normalized spacial score (nSPS) is 14.5. The highest BCUT2D eigenvalue weighted by Crippen LogP contribution is 2.32. The molecule has 0 saturated heterocycles. The van der Waals surface area contributed by atoms with Crippen LogP contribution in [0.15, 0.2) is 87.8 Å². The lowest BCUT2D eigenvalue weighted by atomic mass is 9.96. The van der Waals surface area contributed by atoms with E-state index in [9.17, 15) is 19.7 Å². The Morgan fingerprint density at radius 2 is 1.77 bits per heavy atom. The van der Waals surface area contributed by atoms with Crippen LogP contribution in [0, 0.1) is 10.1 Å². The van der Waals surface area contributed by atoms with E-state index in [1.165, 1.54) is 28.0 Å². The minimum Gasteiger partial charge on any atom is -0.490 e. The number of halogens is 1. The molecule has 4 aromatic rings. The minimum absolute atomic E-state index is 0.00477. The van der Waals surface area contributed by atoms with Crippen molar-refractivity contribution in [2.24, 2.45) is 4.99 Å². The number of esters is 1. The molecule has 2 heterocycles. The number of nitro groups is 1. The highest BCUT2D eigenvalue weighted by atomic mass is 35.5. The van der Waals surface area contributed by atoms with E-state index < -0.39 is 16.9 Å². The van der Waals surface area contributed by atoms with Crippen molar-refractivity contribution in [3.05, 3.63) is 130 Å². The lowest BCUT2D eigenvalue weighted by Crippen LogP contribution is -2.39. The van der Waals surface area contributed by atoms with E-state index >= 15 is 0 Å². The molecule has 0 bridgehead atoms. The van der Waals surface area contributed by atoms with Gasteiger partial charge in [-0.2, -0.15) is 0 Å². The smallest absolute Gasteiger partial charge is 0.338 e. The van der Waals surface area contributed by atoms with Crippen LogP contribution in [0.1, 0.15) is 43.5 Å². The zero-order chi connectivity index (χ0) is 31.4. The fourth-order valence-electron chi connectivity index (χ4n) is 4.78. The Bertz CT molecular complexity index is 1930. The van der Waals surface area contributed by atoms with Crippen LogP contribution in [-0.4, -0.2) is 28.7 Å².